The van der Waals surface area contributed by atoms with Gasteiger partial charge in [-0.15, -0.1) is 0 Å². The predicted molar refractivity (Wildman–Crippen MR) is 71.3 cm³/mol. The van der Waals surface area contributed by atoms with Crippen molar-refractivity contribution in [3.8, 4) is 0 Å². The van der Waals surface area contributed by atoms with Gasteiger partial charge in [-0.2, -0.15) is 0 Å². The van der Waals surface area contributed by atoms with Crippen LogP contribution in [0.3, 0.4) is 0 Å². The van der Waals surface area contributed by atoms with E-state index in [0.717, 1.165) is 25.9 Å². The molecule has 0 aromatic heterocycles. The molecule has 0 aliphatic carbocycles. The van der Waals surface area contributed by atoms with Gasteiger partial charge in [-0.25, -0.2) is 0 Å². The normalized spacial score (nSPS) is 15.1. The van der Waals surface area contributed by atoms with Crippen molar-refractivity contribution in [1.82, 2.24) is 4.90 Å². The molecular weight excluding hydrogens is 257 g/mol. The third-order valence-electron chi connectivity index (χ3n) is 2.93. The molecular formula is C13H13Cl2NO. The standard InChI is InChI=1S/C13H13Cl2NO/c1-9(13(17)16-7-2-3-8-16)10-5-4-6-11(14)12(10)15/h4-6H,1-3,7-8H2. The van der Waals surface area contributed by atoms with Gasteiger partial charge in [0.2, 0.25) is 0 Å². The van der Waals surface area contributed by atoms with E-state index in [2.05, 4.69) is 6.58 Å². The van der Waals surface area contributed by atoms with Crippen LogP contribution in [0.25, 0.3) is 5.57 Å². The summed E-state index contributed by atoms with van der Waals surface area (Å²) in [4.78, 5) is 13.9. The van der Waals surface area contributed by atoms with Crippen LogP contribution < -0.4 is 0 Å². The van der Waals surface area contributed by atoms with E-state index in [1.807, 2.05) is 0 Å². The molecule has 0 N–H and O–H groups in total. The number of carbonyl (C=O) groups excluding carboxylic acids is 1. The van der Waals surface area contributed by atoms with Crippen LogP contribution in [0.15, 0.2) is 24.8 Å². The zero-order valence-electron chi connectivity index (χ0n) is 9.38. The summed E-state index contributed by atoms with van der Waals surface area (Å²) in [6.07, 6.45) is 2.12. The van der Waals surface area contributed by atoms with E-state index in [1.165, 1.54) is 0 Å². The Morgan fingerprint density at radius 3 is 2.53 bits per heavy atom. The highest BCUT2D eigenvalue weighted by molar-refractivity contribution is 6.44. The number of rotatable bonds is 2. The van der Waals surface area contributed by atoms with Crippen LogP contribution in [-0.2, 0) is 4.79 Å². The molecule has 0 bridgehead atoms. The highest BCUT2D eigenvalue weighted by Crippen LogP contribution is 2.31. The summed E-state index contributed by atoms with van der Waals surface area (Å²) in [6, 6.07) is 5.23. The number of hydrogen-bond donors (Lipinski definition) is 0. The van der Waals surface area contributed by atoms with Gasteiger partial charge in [0.15, 0.2) is 0 Å². The second-order valence-electron chi connectivity index (χ2n) is 4.08. The van der Waals surface area contributed by atoms with Crippen molar-refractivity contribution < 1.29 is 4.79 Å². The molecule has 17 heavy (non-hydrogen) atoms. The fourth-order valence-electron chi connectivity index (χ4n) is 1.96. The molecule has 1 heterocycles. The maximum absolute atomic E-state index is 12.1. The molecule has 0 spiro atoms. The number of carbonyl (C=O) groups is 1. The summed E-state index contributed by atoms with van der Waals surface area (Å²) < 4.78 is 0. The molecule has 90 valence electrons. The van der Waals surface area contributed by atoms with Crippen LogP contribution >= 0.6 is 23.2 Å². The van der Waals surface area contributed by atoms with Crippen LogP contribution in [0.4, 0.5) is 0 Å². The monoisotopic (exact) mass is 269 g/mol. The third-order valence-corrected chi connectivity index (χ3v) is 3.75. The van der Waals surface area contributed by atoms with E-state index in [1.54, 1.807) is 23.1 Å². The average molecular weight is 270 g/mol. The smallest absolute Gasteiger partial charge is 0.253 e. The van der Waals surface area contributed by atoms with Gasteiger partial charge < -0.3 is 4.90 Å². The Bertz CT molecular complexity index is 464. The Hall–Kier alpha value is -0.990. The van der Waals surface area contributed by atoms with E-state index in [0.29, 0.717) is 21.2 Å². The minimum absolute atomic E-state index is 0.0494. The lowest BCUT2D eigenvalue weighted by atomic mass is 10.1. The Morgan fingerprint density at radius 1 is 1.24 bits per heavy atom. The molecule has 1 aromatic carbocycles. The van der Waals surface area contributed by atoms with Crippen LogP contribution in [0, 0.1) is 0 Å². The first-order valence-corrected chi connectivity index (χ1v) is 6.29. The van der Waals surface area contributed by atoms with E-state index in [4.69, 9.17) is 23.2 Å². The van der Waals surface area contributed by atoms with Gasteiger partial charge in [0, 0.05) is 24.2 Å². The first kappa shape index (κ1) is 12.5. The van der Waals surface area contributed by atoms with Crippen molar-refractivity contribution in [1.29, 1.82) is 0 Å². The summed E-state index contributed by atoms with van der Waals surface area (Å²) in [5.74, 6) is -0.0494. The van der Waals surface area contributed by atoms with E-state index >= 15 is 0 Å². The number of nitrogens with zero attached hydrogens (tertiary/aromatic N) is 1. The lowest BCUT2D eigenvalue weighted by Gasteiger charge is -2.17. The minimum atomic E-state index is -0.0494. The first-order valence-electron chi connectivity index (χ1n) is 5.54. The number of likely N-dealkylation sites (tertiary alicyclic amines) is 1. The molecule has 1 aliphatic rings. The van der Waals surface area contributed by atoms with Crippen LogP contribution in [0.1, 0.15) is 18.4 Å². The Morgan fingerprint density at radius 2 is 1.88 bits per heavy atom. The van der Waals surface area contributed by atoms with Gasteiger partial charge in [0.05, 0.1) is 10.0 Å². The molecule has 1 aromatic rings. The molecule has 0 radical (unpaired) electrons. The van der Waals surface area contributed by atoms with Crippen LogP contribution in [0.5, 0.6) is 0 Å². The van der Waals surface area contributed by atoms with Gasteiger partial charge in [-0.05, 0) is 18.9 Å². The number of benzene rings is 1. The highest BCUT2D eigenvalue weighted by Gasteiger charge is 2.22. The van der Waals surface area contributed by atoms with Gasteiger partial charge in [-0.1, -0.05) is 41.9 Å². The molecule has 0 saturated carbocycles. The predicted octanol–water partition coefficient (Wildman–Crippen LogP) is 3.63. The van der Waals surface area contributed by atoms with Crippen LogP contribution in [0.2, 0.25) is 10.0 Å². The van der Waals surface area contributed by atoms with Crippen molar-refractivity contribution in [2.45, 2.75) is 12.8 Å². The maximum atomic E-state index is 12.1. The van der Waals surface area contributed by atoms with Gasteiger partial charge >= 0.3 is 0 Å². The first-order chi connectivity index (χ1) is 8.11. The molecule has 0 unspecified atom stereocenters. The van der Waals surface area contributed by atoms with Crippen molar-refractivity contribution in [3.63, 3.8) is 0 Å². The van der Waals surface area contributed by atoms with Crippen molar-refractivity contribution >= 4 is 34.7 Å². The zero-order valence-corrected chi connectivity index (χ0v) is 10.9. The van der Waals surface area contributed by atoms with Crippen LogP contribution in [-0.4, -0.2) is 23.9 Å². The summed E-state index contributed by atoms with van der Waals surface area (Å²) in [7, 11) is 0. The summed E-state index contributed by atoms with van der Waals surface area (Å²) in [6.45, 7) is 5.44. The average Bonchev–Trinajstić information content (AvgIpc) is 2.84. The topological polar surface area (TPSA) is 20.3 Å². The van der Waals surface area contributed by atoms with Crippen molar-refractivity contribution in [2.24, 2.45) is 0 Å². The van der Waals surface area contributed by atoms with Gasteiger partial charge in [-0.3, -0.25) is 4.79 Å². The van der Waals surface area contributed by atoms with E-state index in [9.17, 15) is 4.79 Å². The summed E-state index contributed by atoms with van der Waals surface area (Å²) >= 11 is 12.0. The van der Waals surface area contributed by atoms with Gasteiger partial charge in [0.25, 0.3) is 5.91 Å². The molecule has 1 aliphatic heterocycles. The Labute approximate surface area is 111 Å². The second-order valence-corrected chi connectivity index (χ2v) is 4.86. The van der Waals surface area contributed by atoms with E-state index in [-0.39, 0.29) is 5.91 Å². The number of hydrogen-bond acceptors (Lipinski definition) is 1. The number of halogens is 2. The SMILES string of the molecule is C=C(C(=O)N1CCCC1)c1cccc(Cl)c1Cl. The van der Waals surface area contributed by atoms with Gasteiger partial charge in [0.1, 0.15) is 0 Å². The highest BCUT2D eigenvalue weighted by atomic mass is 35.5. The van der Waals surface area contributed by atoms with Crippen molar-refractivity contribution in [3.05, 3.63) is 40.4 Å². The second kappa shape index (κ2) is 5.11. The minimum Gasteiger partial charge on any atom is -0.339 e. The maximum Gasteiger partial charge on any atom is 0.253 e. The fraction of sp³-hybridized carbons (Fsp3) is 0.308. The van der Waals surface area contributed by atoms with E-state index < -0.39 is 0 Å². The molecule has 2 rings (SSSR count). The summed E-state index contributed by atoms with van der Waals surface area (Å²) in [5, 5.41) is 0.839. The number of amides is 1. The van der Waals surface area contributed by atoms with Crippen molar-refractivity contribution in [2.75, 3.05) is 13.1 Å². The molecule has 1 saturated heterocycles. The third kappa shape index (κ3) is 2.48. The Kier molecular flexibility index (Phi) is 3.75. The molecule has 1 amide bonds. The lowest BCUT2D eigenvalue weighted by Crippen LogP contribution is -2.28. The molecule has 0 atom stereocenters. The molecule has 4 heteroatoms. The summed E-state index contributed by atoms with van der Waals surface area (Å²) in [5.41, 5.74) is 1.04. The lowest BCUT2D eigenvalue weighted by molar-refractivity contribution is -0.123. The Balaban J connectivity index is 2.24. The molecule has 1 fully saturated rings. The molecule has 2 nitrogen and oxygen atoms in total. The zero-order chi connectivity index (χ0) is 12.4. The largest absolute Gasteiger partial charge is 0.339 e. The quantitative estimate of drug-likeness (QED) is 0.751. The fourth-order valence-corrected chi connectivity index (χ4v) is 2.38.